The summed E-state index contributed by atoms with van der Waals surface area (Å²) in [6, 6.07) is 4.36. The van der Waals surface area contributed by atoms with Gasteiger partial charge in [-0.2, -0.15) is 5.26 Å². The molecule has 0 spiro atoms. The molecule has 0 amide bonds. The third kappa shape index (κ3) is 3.14. The monoisotopic (exact) mass is 295 g/mol. The predicted octanol–water partition coefficient (Wildman–Crippen LogP) is 2.10. The molecule has 22 heavy (non-hydrogen) atoms. The number of ether oxygens (including phenoxy) is 1. The third-order valence-corrected chi connectivity index (χ3v) is 3.67. The highest BCUT2D eigenvalue weighted by Crippen LogP contribution is 2.24. The van der Waals surface area contributed by atoms with Crippen molar-refractivity contribution in [1.82, 2.24) is 15.0 Å². The molecule has 0 aromatic carbocycles. The van der Waals surface area contributed by atoms with E-state index in [0.29, 0.717) is 18.1 Å². The highest BCUT2D eigenvalue weighted by molar-refractivity contribution is 5.57. The maximum atomic E-state index is 9.22. The van der Waals surface area contributed by atoms with E-state index in [4.69, 9.17) is 4.74 Å². The maximum Gasteiger partial charge on any atom is 0.316 e. The zero-order chi connectivity index (χ0) is 15.4. The fraction of sp³-hybridized carbons (Fsp3) is 0.375. The quantitative estimate of drug-likeness (QED) is 0.863. The summed E-state index contributed by atoms with van der Waals surface area (Å²) in [6.07, 6.45) is 8.84. The minimum Gasteiger partial charge on any atom is -0.458 e. The lowest BCUT2D eigenvalue weighted by Gasteiger charge is -2.34. The molecule has 1 saturated heterocycles. The van der Waals surface area contributed by atoms with Gasteiger partial charge in [-0.1, -0.05) is 0 Å². The van der Waals surface area contributed by atoms with Crippen molar-refractivity contribution >= 4 is 5.69 Å². The molecule has 2 aromatic heterocycles. The second-order valence-corrected chi connectivity index (χ2v) is 5.38. The lowest BCUT2D eigenvalue weighted by molar-refractivity contribution is 0.164. The number of aromatic nitrogens is 3. The van der Waals surface area contributed by atoms with Crippen LogP contribution in [0, 0.1) is 18.3 Å². The van der Waals surface area contributed by atoms with E-state index in [0.717, 1.165) is 30.6 Å². The molecule has 3 heterocycles. The van der Waals surface area contributed by atoms with Gasteiger partial charge in [-0.15, -0.1) is 0 Å². The van der Waals surface area contributed by atoms with Gasteiger partial charge in [-0.3, -0.25) is 4.98 Å². The van der Waals surface area contributed by atoms with Crippen LogP contribution in [0.1, 0.15) is 24.0 Å². The van der Waals surface area contributed by atoms with Crippen LogP contribution >= 0.6 is 0 Å². The van der Waals surface area contributed by atoms with Gasteiger partial charge in [0.05, 0.1) is 24.0 Å². The molecule has 3 rings (SSSR count). The Morgan fingerprint density at radius 1 is 1.32 bits per heavy atom. The molecule has 0 aliphatic carbocycles. The Bertz CT molecular complexity index is 680. The first-order valence-electron chi connectivity index (χ1n) is 7.30. The number of rotatable bonds is 3. The number of pyridine rings is 1. The van der Waals surface area contributed by atoms with Gasteiger partial charge in [0.25, 0.3) is 0 Å². The summed E-state index contributed by atoms with van der Waals surface area (Å²) < 4.78 is 5.87. The molecule has 6 heteroatoms. The standard InChI is InChI=1S/C16H17N5O/c1-12-8-19-16(20-9-12)22-14-3-2-6-21(11-14)15-10-18-5-4-13(15)7-17/h4-5,8-10,14H,2-3,6,11H2,1H3. The van der Waals surface area contributed by atoms with E-state index in [9.17, 15) is 5.26 Å². The third-order valence-electron chi connectivity index (χ3n) is 3.67. The van der Waals surface area contributed by atoms with Gasteiger partial charge in [0.2, 0.25) is 0 Å². The molecule has 1 aliphatic rings. The molecule has 1 atom stereocenters. The number of nitrogens with zero attached hydrogens (tertiary/aromatic N) is 5. The average molecular weight is 295 g/mol. The predicted molar refractivity (Wildman–Crippen MR) is 81.6 cm³/mol. The SMILES string of the molecule is Cc1cnc(OC2CCCN(c3cnccc3C#N)C2)nc1. The summed E-state index contributed by atoms with van der Waals surface area (Å²) in [6.45, 7) is 3.55. The van der Waals surface area contributed by atoms with E-state index in [1.165, 1.54) is 0 Å². The molecule has 6 nitrogen and oxygen atoms in total. The number of hydrogen-bond acceptors (Lipinski definition) is 6. The van der Waals surface area contributed by atoms with Crippen LogP contribution in [-0.2, 0) is 0 Å². The molecule has 0 bridgehead atoms. The number of aryl methyl sites for hydroxylation is 1. The maximum absolute atomic E-state index is 9.22. The van der Waals surface area contributed by atoms with Gasteiger partial charge in [0.1, 0.15) is 12.2 Å². The smallest absolute Gasteiger partial charge is 0.316 e. The van der Waals surface area contributed by atoms with E-state index in [1.54, 1.807) is 30.9 Å². The highest BCUT2D eigenvalue weighted by atomic mass is 16.5. The summed E-state index contributed by atoms with van der Waals surface area (Å²) in [5, 5.41) is 9.22. The topological polar surface area (TPSA) is 74.9 Å². The zero-order valence-corrected chi connectivity index (χ0v) is 12.4. The second-order valence-electron chi connectivity index (χ2n) is 5.38. The fourth-order valence-electron chi connectivity index (χ4n) is 2.58. The van der Waals surface area contributed by atoms with Crippen LogP contribution in [0.3, 0.4) is 0 Å². The lowest BCUT2D eigenvalue weighted by Crippen LogP contribution is -2.41. The van der Waals surface area contributed by atoms with Crippen LogP contribution < -0.4 is 9.64 Å². The number of hydrogen-bond donors (Lipinski definition) is 0. The second kappa shape index (κ2) is 6.39. The molecule has 1 fully saturated rings. The lowest BCUT2D eigenvalue weighted by atomic mass is 10.1. The molecular formula is C16H17N5O. The summed E-state index contributed by atoms with van der Waals surface area (Å²) in [5.41, 5.74) is 2.51. The van der Waals surface area contributed by atoms with E-state index in [1.807, 2.05) is 6.92 Å². The van der Waals surface area contributed by atoms with Crippen molar-refractivity contribution in [2.45, 2.75) is 25.9 Å². The first-order valence-corrected chi connectivity index (χ1v) is 7.30. The zero-order valence-electron chi connectivity index (χ0n) is 12.4. The largest absolute Gasteiger partial charge is 0.458 e. The summed E-state index contributed by atoms with van der Waals surface area (Å²) in [7, 11) is 0. The van der Waals surface area contributed by atoms with Crippen LogP contribution in [-0.4, -0.2) is 34.1 Å². The van der Waals surface area contributed by atoms with Crippen molar-refractivity contribution in [1.29, 1.82) is 5.26 Å². The Kier molecular flexibility index (Phi) is 4.15. The van der Waals surface area contributed by atoms with Crippen LogP contribution in [0.25, 0.3) is 0 Å². The van der Waals surface area contributed by atoms with E-state index >= 15 is 0 Å². The van der Waals surface area contributed by atoms with Gasteiger partial charge in [0, 0.05) is 25.1 Å². The van der Waals surface area contributed by atoms with Crippen LogP contribution in [0.5, 0.6) is 6.01 Å². The van der Waals surface area contributed by atoms with Crippen LogP contribution in [0.4, 0.5) is 5.69 Å². The molecule has 112 valence electrons. The molecule has 0 N–H and O–H groups in total. The Labute approximate surface area is 129 Å². The minimum absolute atomic E-state index is 0.0169. The Morgan fingerprint density at radius 3 is 2.91 bits per heavy atom. The van der Waals surface area contributed by atoms with Gasteiger partial charge in [0.15, 0.2) is 0 Å². The van der Waals surface area contributed by atoms with Crippen molar-refractivity contribution in [3.63, 3.8) is 0 Å². The molecule has 1 unspecified atom stereocenters. The van der Waals surface area contributed by atoms with E-state index in [-0.39, 0.29) is 6.10 Å². The van der Waals surface area contributed by atoms with E-state index < -0.39 is 0 Å². The van der Waals surface area contributed by atoms with Crippen molar-refractivity contribution in [2.75, 3.05) is 18.0 Å². The van der Waals surface area contributed by atoms with Crippen LogP contribution in [0.2, 0.25) is 0 Å². The Balaban J connectivity index is 1.71. The van der Waals surface area contributed by atoms with Crippen molar-refractivity contribution in [3.05, 3.63) is 42.0 Å². The number of piperidine rings is 1. The average Bonchev–Trinajstić information content (AvgIpc) is 2.57. The summed E-state index contributed by atoms with van der Waals surface area (Å²) >= 11 is 0. The first kappa shape index (κ1) is 14.3. The van der Waals surface area contributed by atoms with Crippen molar-refractivity contribution in [2.24, 2.45) is 0 Å². The van der Waals surface area contributed by atoms with Gasteiger partial charge >= 0.3 is 6.01 Å². The minimum atomic E-state index is 0.0169. The first-order chi connectivity index (χ1) is 10.8. The summed E-state index contributed by atoms with van der Waals surface area (Å²) in [5.74, 6) is 0. The van der Waals surface area contributed by atoms with Gasteiger partial charge in [-0.05, 0) is 31.4 Å². The number of anilines is 1. The normalized spacial score (nSPS) is 17.8. The highest BCUT2D eigenvalue weighted by Gasteiger charge is 2.24. The Morgan fingerprint density at radius 2 is 2.14 bits per heavy atom. The molecule has 2 aromatic rings. The van der Waals surface area contributed by atoms with Crippen molar-refractivity contribution < 1.29 is 4.74 Å². The molecule has 0 radical (unpaired) electrons. The van der Waals surface area contributed by atoms with Gasteiger partial charge < -0.3 is 9.64 Å². The summed E-state index contributed by atoms with van der Waals surface area (Å²) in [4.78, 5) is 14.7. The number of nitriles is 1. The molecule has 0 saturated carbocycles. The molecule has 1 aliphatic heterocycles. The Hall–Kier alpha value is -2.68. The van der Waals surface area contributed by atoms with Gasteiger partial charge in [-0.25, -0.2) is 9.97 Å². The van der Waals surface area contributed by atoms with E-state index in [2.05, 4.69) is 25.9 Å². The molecular weight excluding hydrogens is 278 g/mol. The fourth-order valence-corrected chi connectivity index (χ4v) is 2.58. The van der Waals surface area contributed by atoms with Crippen LogP contribution in [0.15, 0.2) is 30.9 Å². The van der Waals surface area contributed by atoms with Crippen molar-refractivity contribution in [3.8, 4) is 12.1 Å².